The molecule has 2 heterocycles. The first-order valence-electron chi connectivity index (χ1n) is 5.67. The fourth-order valence-corrected chi connectivity index (χ4v) is 2.10. The summed E-state index contributed by atoms with van der Waals surface area (Å²) in [6.07, 6.45) is 0.707. The van der Waals surface area contributed by atoms with E-state index in [9.17, 15) is 4.39 Å². The molecule has 7 heteroatoms. The molecule has 0 unspecified atom stereocenters. The van der Waals surface area contributed by atoms with Gasteiger partial charge in [0, 0.05) is 18.1 Å². The van der Waals surface area contributed by atoms with E-state index in [1.807, 2.05) is 0 Å². The summed E-state index contributed by atoms with van der Waals surface area (Å²) in [5, 5.41) is 3.54. The monoisotopic (exact) mass is 284 g/mol. The van der Waals surface area contributed by atoms with Crippen LogP contribution in [0.25, 0.3) is 11.3 Å². The molecule has 0 bridgehead atoms. The van der Waals surface area contributed by atoms with Crippen LogP contribution in [0.5, 0.6) is 11.5 Å². The molecule has 100 valence electrons. The molecule has 3 rings (SSSR count). The Balaban J connectivity index is 2.16. The molecule has 19 heavy (non-hydrogen) atoms. The minimum atomic E-state index is -0.640. The number of halogens is 2. The first-order chi connectivity index (χ1) is 9.16. The lowest BCUT2D eigenvalue weighted by Gasteiger charge is -2.11. The Bertz CT molecular complexity index is 630. The van der Waals surface area contributed by atoms with Crippen LogP contribution >= 0.6 is 11.6 Å². The molecule has 0 saturated heterocycles. The minimum absolute atomic E-state index is 0.0950. The number of nitrogen functional groups attached to an aromatic ring is 1. The van der Waals surface area contributed by atoms with Crippen molar-refractivity contribution in [3.05, 3.63) is 23.0 Å². The van der Waals surface area contributed by atoms with Crippen molar-refractivity contribution in [1.29, 1.82) is 0 Å². The van der Waals surface area contributed by atoms with Gasteiger partial charge in [0.2, 0.25) is 5.88 Å². The number of hydrogen-bond donors (Lipinski definition) is 1. The van der Waals surface area contributed by atoms with Gasteiger partial charge in [0.25, 0.3) is 0 Å². The van der Waals surface area contributed by atoms with Crippen molar-refractivity contribution < 1.29 is 18.4 Å². The van der Waals surface area contributed by atoms with Crippen molar-refractivity contribution >= 4 is 17.5 Å². The molecule has 1 aromatic carbocycles. The summed E-state index contributed by atoms with van der Waals surface area (Å²) in [4.78, 5) is 0. The van der Waals surface area contributed by atoms with Gasteiger partial charge in [-0.1, -0.05) is 16.8 Å². The molecular weight excluding hydrogens is 275 g/mol. The van der Waals surface area contributed by atoms with E-state index in [0.29, 0.717) is 25.4 Å². The van der Waals surface area contributed by atoms with Crippen LogP contribution in [0.15, 0.2) is 16.7 Å². The second kappa shape index (κ2) is 4.62. The highest BCUT2D eigenvalue weighted by atomic mass is 35.5. The van der Waals surface area contributed by atoms with Crippen LogP contribution in [0.1, 0.15) is 6.42 Å². The van der Waals surface area contributed by atoms with E-state index in [-0.39, 0.29) is 27.9 Å². The summed E-state index contributed by atoms with van der Waals surface area (Å²) >= 11 is 5.98. The molecule has 0 spiro atoms. The van der Waals surface area contributed by atoms with Crippen molar-refractivity contribution in [3.63, 3.8) is 0 Å². The maximum atomic E-state index is 14.2. The van der Waals surface area contributed by atoms with Gasteiger partial charge >= 0.3 is 0 Å². The second-order valence-electron chi connectivity index (χ2n) is 4.04. The molecule has 0 amide bonds. The zero-order valence-electron chi connectivity index (χ0n) is 9.78. The number of fused-ring (bicyclic) bond motifs is 1. The van der Waals surface area contributed by atoms with E-state index in [1.165, 1.54) is 12.1 Å². The van der Waals surface area contributed by atoms with Gasteiger partial charge in [0.15, 0.2) is 17.3 Å². The van der Waals surface area contributed by atoms with Gasteiger partial charge in [0.1, 0.15) is 10.7 Å². The highest BCUT2D eigenvalue weighted by Crippen LogP contribution is 2.43. The van der Waals surface area contributed by atoms with Gasteiger partial charge < -0.3 is 19.7 Å². The topological polar surface area (TPSA) is 70.5 Å². The number of nitrogens with two attached hydrogens (primary N) is 1. The Kier molecular flexibility index (Phi) is 2.94. The maximum absolute atomic E-state index is 14.2. The van der Waals surface area contributed by atoms with Crippen LogP contribution in [0.2, 0.25) is 5.02 Å². The van der Waals surface area contributed by atoms with Crippen molar-refractivity contribution in [2.24, 2.45) is 0 Å². The van der Waals surface area contributed by atoms with E-state index >= 15 is 0 Å². The lowest BCUT2D eigenvalue weighted by Crippen LogP contribution is -1.97. The summed E-state index contributed by atoms with van der Waals surface area (Å²) in [6.45, 7) is 0.914. The first-order valence-corrected chi connectivity index (χ1v) is 6.05. The Morgan fingerprint density at radius 3 is 2.79 bits per heavy atom. The average Bonchev–Trinajstić information content (AvgIpc) is 2.69. The fraction of sp³-hybridized carbons (Fsp3) is 0.250. The number of ether oxygens (including phenoxy) is 2. The van der Waals surface area contributed by atoms with Crippen LogP contribution < -0.4 is 15.2 Å². The summed E-state index contributed by atoms with van der Waals surface area (Å²) < 4.78 is 29.8. The highest BCUT2D eigenvalue weighted by molar-refractivity contribution is 6.32. The van der Waals surface area contributed by atoms with Crippen molar-refractivity contribution in [2.75, 3.05) is 18.9 Å². The Labute approximate surface area is 113 Å². The Morgan fingerprint density at radius 2 is 2.05 bits per heavy atom. The normalized spacial score (nSPS) is 14.2. The van der Waals surface area contributed by atoms with Crippen molar-refractivity contribution in [1.82, 2.24) is 5.16 Å². The lowest BCUT2D eigenvalue weighted by atomic mass is 10.1. The van der Waals surface area contributed by atoms with Gasteiger partial charge in [-0.25, -0.2) is 4.39 Å². The van der Waals surface area contributed by atoms with Crippen LogP contribution in [0.4, 0.5) is 10.3 Å². The summed E-state index contributed by atoms with van der Waals surface area (Å²) in [7, 11) is 0. The third-order valence-electron chi connectivity index (χ3n) is 2.72. The van der Waals surface area contributed by atoms with E-state index in [4.69, 9.17) is 31.3 Å². The van der Waals surface area contributed by atoms with Gasteiger partial charge in [-0.3, -0.25) is 0 Å². The van der Waals surface area contributed by atoms with Crippen LogP contribution in [0.3, 0.4) is 0 Å². The average molecular weight is 285 g/mol. The summed E-state index contributed by atoms with van der Waals surface area (Å²) in [5.41, 5.74) is 5.85. The molecule has 0 aliphatic carbocycles. The number of anilines is 1. The maximum Gasteiger partial charge on any atom is 0.222 e. The molecule has 5 nitrogen and oxygen atoms in total. The Morgan fingerprint density at radius 1 is 1.26 bits per heavy atom. The molecule has 0 fully saturated rings. The van der Waals surface area contributed by atoms with Crippen molar-refractivity contribution in [3.8, 4) is 22.8 Å². The van der Waals surface area contributed by atoms with Gasteiger partial charge in [-0.2, -0.15) is 0 Å². The third-order valence-corrected chi connectivity index (χ3v) is 3.06. The molecule has 1 aliphatic rings. The molecule has 0 atom stereocenters. The van der Waals surface area contributed by atoms with E-state index in [2.05, 4.69) is 5.16 Å². The number of benzene rings is 1. The van der Waals surface area contributed by atoms with Crippen molar-refractivity contribution in [2.45, 2.75) is 6.42 Å². The molecule has 0 radical (unpaired) electrons. The van der Waals surface area contributed by atoms with Gasteiger partial charge in [-0.05, 0) is 6.07 Å². The molecule has 1 aliphatic heterocycles. The van der Waals surface area contributed by atoms with Crippen LogP contribution in [0, 0.1) is 5.82 Å². The Hall–Kier alpha value is -1.95. The van der Waals surface area contributed by atoms with Gasteiger partial charge in [-0.15, -0.1) is 0 Å². The van der Waals surface area contributed by atoms with E-state index in [1.54, 1.807) is 0 Å². The number of hydrogen-bond acceptors (Lipinski definition) is 5. The number of aromatic nitrogens is 1. The number of rotatable bonds is 1. The standard InChI is InChI=1S/C12H10ClFN2O3/c13-10-11(14)6(7-5-9(15)19-16-7)4-8-12(10)18-3-1-2-17-8/h4-5H,1-3,15H2. The molecule has 2 aromatic rings. The van der Waals surface area contributed by atoms with Crippen LogP contribution in [-0.4, -0.2) is 18.4 Å². The largest absolute Gasteiger partial charge is 0.489 e. The highest BCUT2D eigenvalue weighted by Gasteiger charge is 2.23. The molecule has 2 N–H and O–H groups in total. The third kappa shape index (κ3) is 2.08. The molecular formula is C12H10ClFN2O3. The number of nitrogens with zero attached hydrogens (tertiary/aromatic N) is 1. The lowest BCUT2D eigenvalue weighted by molar-refractivity contribution is 0.297. The quantitative estimate of drug-likeness (QED) is 0.872. The molecule has 1 aromatic heterocycles. The van der Waals surface area contributed by atoms with Gasteiger partial charge in [0.05, 0.1) is 13.2 Å². The SMILES string of the molecule is Nc1cc(-c2cc3c(c(Cl)c2F)OCCCO3)no1. The van der Waals surface area contributed by atoms with Crippen LogP contribution in [-0.2, 0) is 0 Å². The zero-order chi connectivity index (χ0) is 13.4. The zero-order valence-corrected chi connectivity index (χ0v) is 10.5. The minimum Gasteiger partial charge on any atom is -0.489 e. The first kappa shape index (κ1) is 12.1. The van der Waals surface area contributed by atoms with E-state index < -0.39 is 5.82 Å². The predicted octanol–water partition coefficient (Wildman–Crippen LogP) is 2.88. The summed E-state index contributed by atoms with van der Waals surface area (Å²) in [6, 6.07) is 2.90. The van der Waals surface area contributed by atoms with E-state index in [0.717, 1.165) is 0 Å². The molecule has 0 saturated carbocycles. The fourth-order valence-electron chi connectivity index (χ4n) is 1.85. The predicted molar refractivity (Wildman–Crippen MR) is 66.9 cm³/mol. The summed E-state index contributed by atoms with van der Waals surface area (Å²) in [5.74, 6) is 0.0641. The smallest absolute Gasteiger partial charge is 0.222 e. The second-order valence-corrected chi connectivity index (χ2v) is 4.42.